The number of aryl methyl sites for hydroxylation is 2. The van der Waals surface area contributed by atoms with Crippen LogP contribution in [0.1, 0.15) is 28.8 Å². The summed E-state index contributed by atoms with van der Waals surface area (Å²) in [6.07, 6.45) is 1.50. The van der Waals surface area contributed by atoms with Crippen LogP contribution in [0.2, 0.25) is 0 Å². The van der Waals surface area contributed by atoms with Gasteiger partial charge in [0.15, 0.2) is 5.69 Å². The first kappa shape index (κ1) is 13.1. The fourth-order valence-corrected chi connectivity index (χ4v) is 1.84. The van der Waals surface area contributed by atoms with Gasteiger partial charge in [-0.15, -0.1) is 0 Å². The number of hydrogen-bond donors (Lipinski definition) is 1. The van der Waals surface area contributed by atoms with Crippen molar-refractivity contribution >= 4 is 11.8 Å². The number of carbonyl (C=O) groups excluding carboxylic acids is 1. The van der Waals surface area contributed by atoms with E-state index in [1.807, 2.05) is 26.0 Å². The second-order valence-electron chi connectivity index (χ2n) is 4.13. The van der Waals surface area contributed by atoms with Gasteiger partial charge < -0.3 is 10.5 Å². The molecule has 2 N–H and O–H groups in total. The van der Waals surface area contributed by atoms with E-state index < -0.39 is 5.97 Å². The molecule has 0 unspecified atom stereocenters. The van der Waals surface area contributed by atoms with Crippen molar-refractivity contribution in [3.63, 3.8) is 0 Å². The number of nitrogens with two attached hydrogens (primary N) is 1. The number of nitrogens with zero attached hydrogens (tertiary/aromatic N) is 3. The van der Waals surface area contributed by atoms with Gasteiger partial charge in [-0.3, -0.25) is 9.55 Å². The molecule has 0 aromatic carbocycles. The molecule has 0 bridgehead atoms. The number of esters is 1. The average molecular weight is 260 g/mol. The molecule has 0 aliphatic heterocycles. The molecule has 0 fully saturated rings. The Labute approximate surface area is 111 Å². The third-order valence-corrected chi connectivity index (χ3v) is 2.73. The van der Waals surface area contributed by atoms with Gasteiger partial charge in [0.05, 0.1) is 18.0 Å². The van der Waals surface area contributed by atoms with E-state index in [9.17, 15) is 4.79 Å². The Bertz CT molecular complexity index is 619. The lowest BCUT2D eigenvalue weighted by Crippen LogP contribution is -2.10. The summed E-state index contributed by atoms with van der Waals surface area (Å²) in [5, 5.41) is 0. The lowest BCUT2D eigenvalue weighted by molar-refractivity contribution is 0.0521. The number of carbonyl (C=O) groups is 1. The Balaban J connectivity index is 2.44. The largest absolute Gasteiger partial charge is 0.461 e. The third-order valence-electron chi connectivity index (χ3n) is 2.73. The van der Waals surface area contributed by atoms with Gasteiger partial charge in [0.1, 0.15) is 12.1 Å². The van der Waals surface area contributed by atoms with Gasteiger partial charge in [0.25, 0.3) is 0 Å². The van der Waals surface area contributed by atoms with Crippen LogP contribution in [0.15, 0.2) is 18.5 Å². The van der Waals surface area contributed by atoms with Gasteiger partial charge in [0, 0.05) is 5.69 Å². The molecule has 6 nitrogen and oxygen atoms in total. The minimum Gasteiger partial charge on any atom is -0.461 e. The SMILES string of the molecule is CCOC(=O)c1ncn(-c2ccc(C)nc2C)c1N. The van der Waals surface area contributed by atoms with Crippen molar-refractivity contribution < 1.29 is 9.53 Å². The minimum atomic E-state index is -0.517. The van der Waals surface area contributed by atoms with Crippen molar-refractivity contribution in [2.24, 2.45) is 0 Å². The second-order valence-corrected chi connectivity index (χ2v) is 4.13. The highest BCUT2D eigenvalue weighted by atomic mass is 16.5. The number of ether oxygens (including phenoxy) is 1. The van der Waals surface area contributed by atoms with E-state index >= 15 is 0 Å². The predicted octanol–water partition coefficient (Wildman–Crippen LogP) is 1.64. The van der Waals surface area contributed by atoms with Crippen LogP contribution in [0.4, 0.5) is 5.82 Å². The monoisotopic (exact) mass is 260 g/mol. The van der Waals surface area contributed by atoms with Gasteiger partial charge in [-0.2, -0.15) is 0 Å². The Morgan fingerprint density at radius 2 is 2.16 bits per heavy atom. The maximum Gasteiger partial charge on any atom is 0.360 e. The fourth-order valence-electron chi connectivity index (χ4n) is 1.84. The first-order valence-electron chi connectivity index (χ1n) is 5.99. The molecule has 0 aliphatic carbocycles. The smallest absolute Gasteiger partial charge is 0.360 e. The second kappa shape index (κ2) is 5.09. The zero-order valence-electron chi connectivity index (χ0n) is 11.2. The highest BCUT2D eigenvalue weighted by Gasteiger charge is 2.18. The Morgan fingerprint density at radius 3 is 2.79 bits per heavy atom. The van der Waals surface area contributed by atoms with E-state index in [2.05, 4.69) is 9.97 Å². The van der Waals surface area contributed by atoms with Crippen LogP contribution in [0.5, 0.6) is 0 Å². The molecule has 19 heavy (non-hydrogen) atoms. The molecule has 6 heteroatoms. The molecule has 0 spiro atoms. The molecular weight excluding hydrogens is 244 g/mol. The lowest BCUT2D eigenvalue weighted by atomic mass is 10.2. The normalized spacial score (nSPS) is 10.5. The van der Waals surface area contributed by atoms with E-state index in [-0.39, 0.29) is 18.1 Å². The molecule has 0 saturated carbocycles. The lowest BCUT2D eigenvalue weighted by Gasteiger charge is -2.09. The molecular formula is C13H16N4O2. The molecule has 2 aromatic rings. The summed E-state index contributed by atoms with van der Waals surface area (Å²) >= 11 is 0. The molecule has 100 valence electrons. The van der Waals surface area contributed by atoms with Crippen LogP contribution in [-0.4, -0.2) is 27.1 Å². The molecule has 0 radical (unpaired) electrons. The van der Waals surface area contributed by atoms with Crippen LogP contribution in [-0.2, 0) is 4.74 Å². The number of anilines is 1. The average Bonchev–Trinajstić information content (AvgIpc) is 2.72. The summed E-state index contributed by atoms with van der Waals surface area (Å²) < 4.78 is 6.53. The number of nitrogen functional groups attached to an aromatic ring is 1. The van der Waals surface area contributed by atoms with Crippen molar-refractivity contribution in [2.45, 2.75) is 20.8 Å². The van der Waals surface area contributed by atoms with Crippen molar-refractivity contribution in [1.29, 1.82) is 0 Å². The first-order chi connectivity index (χ1) is 9.04. The maximum absolute atomic E-state index is 11.7. The summed E-state index contributed by atoms with van der Waals surface area (Å²) in [6, 6.07) is 3.77. The van der Waals surface area contributed by atoms with Crippen LogP contribution in [0.25, 0.3) is 5.69 Å². The molecule has 2 rings (SSSR count). The van der Waals surface area contributed by atoms with Crippen LogP contribution >= 0.6 is 0 Å². The zero-order valence-corrected chi connectivity index (χ0v) is 11.2. The van der Waals surface area contributed by atoms with Gasteiger partial charge in [-0.25, -0.2) is 9.78 Å². The van der Waals surface area contributed by atoms with Crippen molar-refractivity contribution in [3.05, 3.63) is 35.5 Å². The predicted molar refractivity (Wildman–Crippen MR) is 71.2 cm³/mol. The van der Waals surface area contributed by atoms with Gasteiger partial charge in [0.2, 0.25) is 0 Å². The highest BCUT2D eigenvalue weighted by Crippen LogP contribution is 2.20. The number of rotatable bonds is 3. The number of imidazole rings is 1. The van der Waals surface area contributed by atoms with E-state index in [0.717, 1.165) is 17.1 Å². The third kappa shape index (κ3) is 2.42. The standard InChI is InChI=1S/C13H16N4O2/c1-4-19-13(18)11-12(14)17(7-15-11)10-6-5-8(2)16-9(10)3/h5-7H,4,14H2,1-3H3. The Hall–Kier alpha value is -2.37. The molecule has 2 heterocycles. The highest BCUT2D eigenvalue weighted by molar-refractivity contribution is 5.92. The topological polar surface area (TPSA) is 83.0 Å². The Morgan fingerprint density at radius 1 is 1.42 bits per heavy atom. The van der Waals surface area contributed by atoms with E-state index in [1.165, 1.54) is 6.33 Å². The molecule has 0 saturated heterocycles. The summed E-state index contributed by atoms with van der Waals surface area (Å²) in [6.45, 7) is 5.82. The minimum absolute atomic E-state index is 0.127. The zero-order chi connectivity index (χ0) is 14.0. The number of hydrogen-bond acceptors (Lipinski definition) is 5. The van der Waals surface area contributed by atoms with Gasteiger partial charge in [-0.1, -0.05) is 0 Å². The number of aromatic nitrogens is 3. The van der Waals surface area contributed by atoms with E-state index in [4.69, 9.17) is 10.5 Å². The summed E-state index contributed by atoms with van der Waals surface area (Å²) in [5.41, 5.74) is 8.61. The van der Waals surface area contributed by atoms with E-state index in [0.29, 0.717) is 0 Å². The quantitative estimate of drug-likeness (QED) is 0.848. The summed E-state index contributed by atoms with van der Waals surface area (Å²) in [4.78, 5) is 20.0. The molecule has 0 aliphatic rings. The van der Waals surface area contributed by atoms with Crippen molar-refractivity contribution in [2.75, 3.05) is 12.3 Å². The Kier molecular flexibility index (Phi) is 3.50. The van der Waals surface area contributed by atoms with Crippen molar-refractivity contribution in [1.82, 2.24) is 14.5 Å². The van der Waals surface area contributed by atoms with Crippen LogP contribution in [0.3, 0.4) is 0 Å². The number of pyridine rings is 1. The van der Waals surface area contributed by atoms with Gasteiger partial charge >= 0.3 is 5.97 Å². The fraction of sp³-hybridized carbons (Fsp3) is 0.308. The van der Waals surface area contributed by atoms with E-state index in [1.54, 1.807) is 11.5 Å². The van der Waals surface area contributed by atoms with Crippen LogP contribution < -0.4 is 5.73 Å². The van der Waals surface area contributed by atoms with Crippen LogP contribution in [0, 0.1) is 13.8 Å². The maximum atomic E-state index is 11.7. The summed E-state index contributed by atoms with van der Waals surface area (Å²) in [7, 11) is 0. The molecule has 2 aromatic heterocycles. The molecule has 0 amide bonds. The summed E-state index contributed by atoms with van der Waals surface area (Å²) in [5.74, 6) is -0.260. The first-order valence-corrected chi connectivity index (χ1v) is 5.99. The molecule has 0 atom stereocenters. The van der Waals surface area contributed by atoms with Gasteiger partial charge in [-0.05, 0) is 32.9 Å². The van der Waals surface area contributed by atoms with Crippen molar-refractivity contribution in [3.8, 4) is 5.69 Å².